The van der Waals surface area contributed by atoms with Gasteiger partial charge in [0.05, 0.1) is 11.7 Å². The molecule has 0 spiro atoms. The Morgan fingerprint density at radius 1 is 1.04 bits per heavy atom. The molecule has 0 radical (unpaired) electrons. The molecule has 2 N–H and O–H groups in total. The van der Waals surface area contributed by atoms with Gasteiger partial charge < -0.3 is 14.9 Å². The Morgan fingerprint density at radius 3 is 2.59 bits per heavy atom. The van der Waals surface area contributed by atoms with Gasteiger partial charge in [-0.2, -0.15) is 0 Å². The SMILES string of the molecule is C[C@]12CC[C@@H](O)C[C@@H]1CC[C@H]1[C@H]2CC[C@]2(C)[C@H](C3=CC(=O)OC3)CC[C@]12O. The van der Waals surface area contributed by atoms with Crippen molar-refractivity contribution in [2.24, 2.45) is 34.5 Å². The Balaban J connectivity index is 1.47. The molecule has 4 aliphatic carbocycles. The molecular weight excluding hydrogens is 340 g/mol. The minimum atomic E-state index is -0.628. The molecule has 1 aliphatic heterocycles. The molecule has 5 rings (SSSR count). The molecule has 150 valence electrons. The highest BCUT2D eigenvalue weighted by Gasteiger charge is 2.67. The second-order valence-corrected chi connectivity index (χ2v) is 10.7. The average molecular weight is 375 g/mol. The molecule has 0 bridgehead atoms. The van der Waals surface area contributed by atoms with E-state index in [1.807, 2.05) is 0 Å². The van der Waals surface area contributed by atoms with Gasteiger partial charge in [-0.3, -0.25) is 0 Å². The lowest BCUT2D eigenvalue weighted by Crippen LogP contribution is -2.62. The van der Waals surface area contributed by atoms with E-state index in [0.717, 1.165) is 56.9 Å². The number of aliphatic hydroxyl groups excluding tert-OH is 1. The highest BCUT2D eigenvalue weighted by molar-refractivity contribution is 5.85. The van der Waals surface area contributed by atoms with E-state index in [0.29, 0.717) is 24.4 Å². The zero-order valence-electron chi connectivity index (χ0n) is 16.7. The molecule has 5 aliphatic rings. The van der Waals surface area contributed by atoms with E-state index in [2.05, 4.69) is 13.8 Å². The van der Waals surface area contributed by atoms with Gasteiger partial charge in [0, 0.05) is 11.5 Å². The smallest absolute Gasteiger partial charge is 0.331 e. The first-order chi connectivity index (χ1) is 12.8. The third kappa shape index (κ3) is 2.32. The summed E-state index contributed by atoms with van der Waals surface area (Å²) in [5.41, 5.74) is 0.600. The number of aliphatic hydroxyl groups is 2. The van der Waals surface area contributed by atoms with Gasteiger partial charge in [-0.15, -0.1) is 0 Å². The van der Waals surface area contributed by atoms with Crippen LogP contribution in [0.2, 0.25) is 0 Å². The summed E-state index contributed by atoms with van der Waals surface area (Å²) >= 11 is 0. The van der Waals surface area contributed by atoms with Crippen molar-refractivity contribution < 1.29 is 19.7 Å². The van der Waals surface area contributed by atoms with Gasteiger partial charge in [0.25, 0.3) is 0 Å². The number of ether oxygens (including phenoxy) is 1. The first-order valence-corrected chi connectivity index (χ1v) is 11.1. The van der Waals surface area contributed by atoms with Crippen LogP contribution in [-0.4, -0.2) is 34.5 Å². The van der Waals surface area contributed by atoms with E-state index < -0.39 is 5.60 Å². The molecule has 1 heterocycles. The number of fused-ring (bicyclic) bond motifs is 5. The highest BCUT2D eigenvalue weighted by Crippen LogP contribution is 2.69. The molecular formula is C23H34O4. The van der Waals surface area contributed by atoms with Gasteiger partial charge in [0.2, 0.25) is 0 Å². The molecule has 4 nitrogen and oxygen atoms in total. The Hall–Kier alpha value is -0.870. The maximum Gasteiger partial charge on any atom is 0.331 e. The second-order valence-electron chi connectivity index (χ2n) is 10.7. The molecule has 0 aromatic rings. The first kappa shape index (κ1) is 18.2. The van der Waals surface area contributed by atoms with Gasteiger partial charge in [-0.25, -0.2) is 4.79 Å². The van der Waals surface area contributed by atoms with Gasteiger partial charge in [-0.1, -0.05) is 13.8 Å². The third-order valence-electron chi connectivity index (χ3n) is 9.96. The van der Waals surface area contributed by atoms with E-state index in [1.165, 1.54) is 6.42 Å². The van der Waals surface area contributed by atoms with E-state index in [9.17, 15) is 15.0 Å². The summed E-state index contributed by atoms with van der Waals surface area (Å²) in [5, 5.41) is 22.3. The maximum absolute atomic E-state index is 12.1. The maximum atomic E-state index is 12.1. The molecule has 0 unspecified atom stereocenters. The van der Waals surface area contributed by atoms with Crippen LogP contribution in [0.5, 0.6) is 0 Å². The first-order valence-electron chi connectivity index (χ1n) is 11.1. The van der Waals surface area contributed by atoms with Gasteiger partial charge in [0.1, 0.15) is 6.61 Å². The molecule has 4 fully saturated rings. The van der Waals surface area contributed by atoms with Crippen LogP contribution in [0.15, 0.2) is 11.6 Å². The zero-order chi connectivity index (χ0) is 19.0. The van der Waals surface area contributed by atoms with E-state index in [-0.39, 0.29) is 28.8 Å². The quantitative estimate of drug-likeness (QED) is 0.688. The predicted molar refractivity (Wildman–Crippen MR) is 102 cm³/mol. The Labute approximate surface area is 162 Å². The van der Waals surface area contributed by atoms with Crippen LogP contribution < -0.4 is 0 Å². The molecule has 0 aromatic carbocycles. The number of esters is 1. The van der Waals surface area contributed by atoms with Crippen LogP contribution in [0.25, 0.3) is 0 Å². The molecule has 27 heavy (non-hydrogen) atoms. The average Bonchev–Trinajstić information content (AvgIpc) is 3.16. The number of carbonyl (C=O) groups excluding carboxylic acids is 1. The second kappa shape index (κ2) is 5.82. The predicted octanol–water partition coefficient (Wildman–Crippen LogP) is 3.60. The lowest BCUT2D eigenvalue weighted by Gasteiger charge is -2.63. The van der Waals surface area contributed by atoms with Crippen molar-refractivity contribution in [3.8, 4) is 0 Å². The van der Waals surface area contributed by atoms with Gasteiger partial charge >= 0.3 is 5.97 Å². The van der Waals surface area contributed by atoms with Crippen LogP contribution in [0.3, 0.4) is 0 Å². The van der Waals surface area contributed by atoms with E-state index >= 15 is 0 Å². The fraction of sp³-hybridized carbons (Fsp3) is 0.870. The normalized spacial score (nSPS) is 54.6. The van der Waals surface area contributed by atoms with Crippen molar-refractivity contribution >= 4 is 5.97 Å². The molecule has 0 amide bonds. The minimum absolute atomic E-state index is 0.126. The summed E-state index contributed by atoms with van der Waals surface area (Å²) in [4.78, 5) is 11.6. The van der Waals surface area contributed by atoms with Gasteiger partial charge in [-0.05, 0) is 92.4 Å². The van der Waals surface area contributed by atoms with Crippen molar-refractivity contribution in [1.82, 2.24) is 0 Å². The molecule has 0 aromatic heterocycles. The molecule has 0 saturated heterocycles. The molecule has 4 saturated carbocycles. The lowest BCUT2D eigenvalue weighted by molar-refractivity contribution is -0.208. The monoisotopic (exact) mass is 374 g/mol. The third-order valence-corrected chi connectivity index (χ3v) is 9.96. The largest absolute Gasteiger partial charge is 0.458 e. The Bertz CT molecular complexity index is 686. The van der Waals surface area contributed by atoms with E-state index in [4.69, 9.17) is 4.74 Å². The Morgan fingerprint density at radius 2 is 1.85 bits per heavy atom. The summed E-state index contributed by atoms with van der Waals surface area (Å²) in [6, 6.07) is 0. The van der Waals surface area contributed by atoms with E-state index in [1.54, 1.807) is 6.08 Å². The van der Waals surface area contributed by atoms with Crippen LogP contribution in [-0.2, 0) is 9.53 Å². The van der Waals surface area contributed by atoms with Crippen LogP contribution in [0.1, 0.15) is 71.6 Å². The number of rotatable bonds is 1. The lowest BCUT2D eigenvalue weighted by atomic mass is 9.43. The number of carbonyl (C=O) groups is 1. The van der Waals surface area contributed by atoms with Crippen LogP contribution >= 0.6 is 0 Å². The van der Waals surface area contributed by atoms with Crippen molar-refractivity contribution in [2.75, 3.05) is 6.61 Å². The summed E-state index contributed by atoms with van der Waals surface area (Å²) in [7, 11) is 0. The summed E-state index contributed by atoms with van der Waals surface area (Å²) in [6.45, 7) is 5.15. The van der Waals surface area contributed by atoms with Crippen molar-refractivity contribution in [2.45, 2.75) is 83.3 Å². The van der Waals surface area contributed by atoms with Gasteiger partial charge in [0.15, 0.2) is 0 Å². The van der Waals surface area contributed by atoms with Crippen molar-refractivity contribution in [3.05, 3.63) is 11.6 Å². The molecule has 4 heteroatoms. The minimum Gasteiger partial charge on any atom is -0.458 e. The van der Waals surface area contributed by atoms with Crippen LogP contribution in [0.4, 0.5) is 0 Å². The highest BCUT2D eigenvalue weighted by atomic mass is 16.5. The summed E-state index contributed by atoms with van der Waals surface area (Å²) < 4.78 is 5.20. The topological polar surface area (TPSA) is 66.8 Å². The Kier molecular flexibility index (Phi) is 3.92. The van der Waals surface area contributed by atoms with Crippen molar-refractivity contribution in [3.63, 3.8) is 0 Å². The summed E-state index contributed by atoms with van der Waals surface area (Å²) in [6.07, 6.45) is 10.8. The zero-order valence-corrected chi connectivity index (χ0v) is 16.7. The molecule has 8 atom stereocenters. The fourth-order valence-corrected chi connectivity index (χ4v) is 8.39. The number of hydrogen-bond acceptors (Lipinski definition) is 4. The fourth-order valence-electron chi connectivity index (χ4n) is 8.39. The van der Waals surface area contributed by atoms with Crippen LogP contribution in [0, 0.1) is 34.5 Å². The number of cyclic esters (lactones) is 1. The standard InChI is InChI=1S/C23H34O4/c1-21-8-5-16(24)12-15(21)3-4-19-18(21)6-9-22(2)17(7-10-23(19,22)26)14-11-20(25)27-13-14/h11,15-19,24,26H,3-10,12-13H2,1-2H3/t15-,16+,17-,18+,19-,21-,22+,23-/m0/s1. The van der Waals surface area contributed by atoms with Crippen molar-refractivity contribution in [1.29, 1.82) is 0 Å². The number of hydrogen-bond donors (Lipinski definition) is 2. The summed E-state index contributed by atoms with van der Waals surface area (Å²) in [5.74, 6) is 1.59.